The lowest BCUT2D eigenvalue weighted by Crippen LogP contribution is -2.39. The summed E-state index contributed by atoms with van der Waals surface area (Å²) in [4.78, 5) is 12.9. The van der Waals surface area contributed by atoms with Crippen molar-refractivity contribution in [3.05, 3.63) is 18.0 Å². The zero-order valence-electron chi connectivity index (χ0n) is 7.89. The van der Waals surface area contributed by atoms with Crippen LogP contribution in [0.2, 0.25) is 0 Å². The first kappa shape index (κ1) is 9.21. The molecule has 1 aliphatic heterocycles. The van der Waals surface area contributed by atoms with Gasteiger partial charge in [-0.2, -0.15) is 5.10 Å². The molecule has 0 aromatic carbocycles. The summed E-state index contributed by atoms with van der Waals surface area (Å²) in [5.41, 5.74) is 0.258. The fourth-order valence-corrected chi connectivity index (χ4v) is 1.45. The predicted octanol–water partition coefficient (Wildman–Crippen LogP) is 0.287. The van der Waals surface area contributed by atoms with Gasteiger partial charge < -0.3 is 10.0 Å². The number of carbonyl (C=O) groups is 1. The first-order valence-electron chi connectivity index (χ1n) is 4.74. The molecule has 0 amide bonds. The van der Waals surface area contributed by atoms with Crippen molar-refractivity contribution in [1.29, 1.82) is 0 Å². The van der Waals surface area contributed by atoms with E-state index in [2.05, 4.69) is 10.00 Å². The number of carboxylic acids is 1. The predicted molar refractivity (Wildman–Crippen MR) is 50.2 cm³/mol. The maximum atomic E-state index is 10.6. The van der Waals surface area contributed by atoms with Gasteiger partial charge in [0.05, 0.1) is 18.3 Å². The minimum Gasteiger partial charge on any atom is -0.478 e. The molecular weight excluding hydrogens is 182 g/mol. The molecule has 1 aromatic heterocycles. The highest BCUT2D eigenvalue weighted by atomic mass is 16.4. The molecule has 0 bridgehead atoms. The molecular formula is C9H13N3O2. The van der Waals surface area contributed by atoms with Crippen molar-refractivity contribution < 1.29 is 9.90 Å². The van der Waals surface area contributed by atoms with Crippen LogP contribution in [0.3, 0.4) is 0 Å². The Kier molecular flexibility index (Phi) is 2.49. The normalized spacial score (nSPS) is 16.6. The minimum absolute atomic E-state index is 0.258. The Morgan fingerprint density at radius 3 is 2.79 bits per heavy atom. The van der Waals surface area contributed by atoms with Crippen LogP contribution in [0.15, 0.2) is 12.4 Å². The summed E-state index contributed by atoms with van der Waals surface area (Å²) in [5.74, 6) is -0.916. The standard InChI is InChI=1S/C9H13N3O2/c13-9(14)8-6-10-12(7-8)5-4-11-2-1-3-11/h6-7H,1-5H2,(H,13,14). The number of aromatic nitrogens is 2. The molecule has 76 valence electrons. The molecule has 1 aliphatic rings. The number of rotatable bonds is 4. The van der Waals surface area contributed by atoms with Gasteiger partial charge in [-0.05, 0) is 19.5 Å². The molecule has 2 rings (SSSR count). The molecule has 2 heterocycles. The smallest absolute Gasteiger partial charge is 0.338 e. The molecule has 0 radical (unpaired) electrons. The lowest BCUT2D eigenvalue weighted by molar-refractivity contribution is 0.0696. The average molecular weight is 195 g/mol. The Hall–Kier alpha value is -1.36. The second-order valence-corrected chi connectivity index (χ2v) is 3.49. The number of nitrogens with zero attached hydrogens (tertiary/aromatic N) is 3. The largest absolute Gasteiger partial charge is 0.478 e. The number of hydrogen-bond acceptors (Lipinski definition) is 3. The van der Waals surface area contributed by atoms with Crippen LogP contribution in [0.5, 0.6) is 0 Å². The maximum absolute atomic E-state index is 10.6. The highest BCUT2D eigenvalue weighted by Crippen LogP contribution is 2.05. The topological polar surface area (TPSA) is 58.4 Å². The van der Waals surface area contributed by atoms with Gasteiger partial charge >= 0.3 is 5.97 Å². The number of carboxylic acid groups (broad SMARTS) is 1. The van der Waals surface area contributed by atoms with E-state index in [4.69, 9.17) is 5.11 Å². The molecule has 0 unspecified atom stereocenters. The lowest BCUT2D eigenvalue weighted by atomic mass is 10.2. The van der Waals surface area contributed by atoms with Gasteiger partial charge in [-0.25, -0.2) is 4.79 Å². The van der Waals surface area contributed by atoms with Crippen LogP contribution < -0.4 is 0 Å². The van der Waals surface area contributed by atoms with E-state index in [9.17, 15) is 4.79 Å². The van der Waals surface area contributed by atoms with E-state index in [1.807, 2.05) is 0 Å². The Bertz CT molecular complexity index is 331. The van der Waals surface area contributed by atoms with Crippen molar-refractivity contribution in [3.63, 3.8) is 0 Å². The molecule has 0 aliphatic carbocycles. The third-order valence-corrected chi connectivity index (χ3v) is 2.47. The molecule has 1 fully saturated rings. The third-order valence-electron chi connectivity index (χ3n) is 2.47. The van der Waals surface area contributed by atoms with Crippen molar-refractivity contribution in [2.75, 3.05) is 19.6 Å². The second kappa shape index (κ2) is 3.79. The minimum atomic E-state index is -0.916. The van der Waals surface area contributed by atoms with E-state index in [1.165, 1.54) is 12.6 Å². The van der Waals surface area contributed by atoms with Crippen molar-refractivity contribution in [2.24, 2.45) is 0 Å². The summed E-state index contributed by atoms with van der Waals surface area (Å²) in [7, 11) is 0. The molecule has 1 N–H and O–H groups in total. The number of hydrogen-bond donors (Lipinski definition) is 1. The van der Waals surface area contributed by atoms with Crippen molar-refractivity contribution >= 4 is 5.97 Å². The number of aromatic carboxylic acids is 1. The average Bonchev–Trinajstić information content (AvgIpc) is 2.50. The summed E-state index contributed by atoms with van der Waals surface area (Å²) in [6.45, 7) is 4.05. The van der Waals surface area contributed by atoms with Crippen molar-refractivity contribution in [1.82, 2.24) is 14.7 Å². The highest BCUT2D eigenvalue weighted by molar-refractivity contribution is 5.86. The summed E-state index contributed by atoms with van der Waals surface area (Å²) < 4.78 is 1.68. The van der Waals surface area contributed by atoms with E-state index in [1.54, 1.807) is 10.9 Å². The van der Waals surface area contributed by atoms with Crippen LogP contribution in [-0.4, -0.2) is 45.4 Å². The first-order valence-corrected chi connectivity index (χ1v) is 4.74. The van der Waals surface area contributed by atoms with Gasteiger partial charge in [0.25, 0.3) is 0 Å². The number of likely N-dealkylation sites (tertiary alicyclic amines) is 1. The van der Waals surface area contributed by atoms with E-state index in [0.717, 1.165) is 26.2 Å². The molecule has 1 aromatic rings. The Balaban J connectivity index is 1.86. The van der Waals surface area contributed by atoms with Crippen LogP contribution in [0.4, 0.5) is 0 Å². The Morgan fingerprint density at radius 1 is 1.50 bits per heavy atom. The summed E-state index contributed by atoms with van der Waals surface area (Å²) in [6.07, 6.45) is 4.24. The van der Waals surface area contributed by atoms with Gasteiger partial charge in [-0.15, -0.1) is 0 Å². The molecule has 5 heteroatoms. The Labute approximate surface area is 81.9 Å². The van der Waals surface area contributed by atoms with Gasteiger partial charge in [-0.3, -0.25) is 4.68 Å². The molecule has 0 atom stereocenters. The van der Waals surface area contributed by atoms with Crippen molar-refractivity contribution in [2.45, 2.75) is 13.0 Å². The lowest BCUT2D eigenvalue weighted by Gasteiger charge is -2.30. The van der Waals surface area contributed by atoms with Crippen LogP contribution in [-0.2, 0) is 6.54 Å². The Morgan fingerprint density at radius 2 is 2.29 bits per heavy atom. The summed E-state index contributed by atoms with van der Waals surface area (Å²) >= 11 is 0. The molecule has 14 heavy (non-hydrogen) atoms. The molecule has 5 nitrogen and oxygen atoms in total. The maximum Gasteiger partial charge on any atom is 0.338 e. The zero-order chi connectivity index (χ0) is 9.97. The van der Waals surface area contributed by atoms with Crippen molar-refractivity contribution in [3.8, 4) is 0 Å². The second-order valence-electron chi connectivity index (χ2n) is 3.49. The fraction of sp³-hybridized carbons (Fsp3) is 0.556. The summed E-state index contributed by atoms with van der Waals surface area (Å²) in [6, 6.07) is 0. The van der Waals surface area contributed by atoms with Crippen LogP contribution in [0.25, 0.3) is 0 Å². The van der Waals surface area contributed by atoms with Crippen LogP contribution >= 0.6 is 0 Å². The van der Waals surface area contributed by atoms with Gasteiger partial charge in [-0.1, -0.05) is 0 Å². The van der Waals surface area contributed by atoms with E-state index >= 15 is 0 Å². The summed E-state index contributed by atoms with van der Waals surface area (Å²) in [5, 5.41) is 12.6. The first-order chi connectivity index (χ1) is 6.75. The SMILES string of the molecule is O=C(O)c1cnn(CCN2CCC2)c1. The van der Waals surface area contributed by atoms with Gasteiger partial charge in [0.1, 0.15) is 0 Å². The molecule has 1 saturated heterocycles. The van der Waals surface area contributed by atoms with E-state index in [0.29, 0.717) is 0 Å². The fourth-order valence-electron chi connectivity index (χ4n) is 1.45. The van der Waals surface area contributed by atoms with E-state index < -0.39 is 5.97 Å². The monoisotopic (exact) mass is 195 g/mol. The van der Waals surface area contributed by atoms with Gasteiger partial charge in [0, 0.05) is 12.7 Å². The zero-order valence-corrected chi connectivity index (χ0v) is 7.89. The van der Waals surface area contributed by atoms with Crippen LogP contribution in [0, 0.1) is 0 Å². The van der Waals surface area contributed by atoms with Gasteiger partial charge in [0.2, 0.25) is 0 Å². The van der Waals surface area contributed by atoms with Crippen LogP contribution in [0.1, 0.15) is 16.8 Å². The van der Waals surface area contributed by atoms with Gasteiger partial charge in [0.15, 0.2) is 0 Å². The molecule has 0 spiro atoms. The third kappa shape index (κ3) is 1.93. The highest BCUT2D eigenvalue weighted by Gasteiger charge is 2.13. The quantitative estimate of drug-likeness (QED) is 0.750. The molecule has 0 saturated carbocycles. The van der Waals surface area contributed by atoms with E-state index in [-0.39, 0.29) is 5.56 Å².